The van der Waals surface area contributed by atoms with E-state index in [0.29, 0.717) is 25.2 Å². The molecule has 45 heavy (non-hydrogen) atoms. The summed E-state index contributed by atoms with van der Waals surface area (Å²) in [7, 11) is 0. The Hall–Kier alpha value is -2.20. The highest BCUT2D eigenvalue weighted by Gasteiger charge is 2.36. The molecule has 4 amide bonds. The summed E-state index contributed by atoms with van der Waals surface area (Å²) < 4.78 is 6.67. The summed E-state index contributed by atoms with van der Waals surface area (Å²) in [5.74, 6) is -0.458. The van der Waals surface area contributed by atoms with Gasteiger partial charge in [-0.15, -0.1) is 0 Å². The van der Waals surface area contributed by atoms with Crippen LogP contribution in [0.1, 0.15) is 135 Å². The second kappa shape index (κ2) is 17.1. The fourth-order valence-corrected chi connectivity index (χ4v) is 8.86. The van der Waals surface area contributed by atoms with E-state index in [-0.39, 0.29) is 41.9 Å². The Morgan fingerprint density at radius 3 is 2.00 bits per heavy atom. The number of carbonyl (C=O) groups is 4. The van der Waals surface area contributed by atoms with Crippen LogP contribution in [0.15, 0.2) is 0 Å². The molecular formula is C35H58N4O6. The van der Waals surface area contributed by atoms with E-state index < -0.39 is 36.5 Å². The van der Waals surface area contributed by atoms with E-state index in [0.717, 1.165) is 96.3 Å². The number of nitrogens with one attached hydrogen (secondary N) is 4. The van der Waals surface area contributed by atoms with Crippen LogP contribution in [0.25, 0.3) is 0 Å². The summed E-state index contributed by atoms with van der Waals surface area (Å²) in [6, 6.07) is -2.18. The number of aliphatic hydroxyl groups excluding tert-OH is 1. The van der Waals surface area contributed by atoms with Crippen molar-refractivity contribution in [2.75, 3.05) is 6.61 Å². The number of fused-ring (bicyclic) bond motifs is 4. The first-order valence-electron chi connectivity index (χ1n) is 18.3. The van der Waals surface area contributed by atoms with Crippen molar-refractivity contribution in [3.05, 3.63) is 0 Å². The third kappa shape index (κ3) is 10.4. The smallest absolute Gasteiger partial charge is 0.246 e. The molecule has 7 atom stereocenters. The van der Waals surface area contributed by atoms with Crippen molar-refractivity contribution in [2.45, 2.75) is 171 Å². The maximum absolute atomic E-state index is 14.1. The fraction of sp³-hybridized carbons (Fsp3) is 0.886. The van der Waals surface area contributed by atoms with Crippen LogP contribution < -0.4 is 21.3 Å². The number of hydrogen-bond donors (Lipinski definition) is 5. The molecule has 10 heteroatoms. The van der Waals surface area contributed by atoms with E-state index in [4.69, 9.17) is 4.74 Å². The Morgan fingerprint density at radius 2 is 1.33 bits per heavy atom. The van der Waals surface area contributed by atoms with E-state index >= 15 is 0 Å². The van der Waals surface area contributed by atoms with Crippen LogP contribution in [0.2, 0.25) is 0 Å². The zero-order valence-electron chi connectivity index (χ0n) is 27.2. The molecule has 0 radical (unpaired) electrons. The molecule has 10 nitrogen and oxygen atoms in total. The number of amides is 4. The van der Waals surface area contributed by atoms with Gasteiger partial charge in [0.2, 0.25) is 23.6 Å². The summed E-state index contributed by atoms with van der Waals surface area (Å²) in [5, 5.41) is 21.6. The van der Waals surface area contributed by atoms with Crippen LogP contribution in [0.4, 0.5) is 0 Å². The van der Waals surface area contributed by atoms with Gasteiger partial charge in [-0.1, -0.05) is 70.6 Å². The largest absolute Gasteiger partial charge is 0.387 e. The number of hydrogen-bond acceptors (Lipinski definition) is 6. The molecule has 1 aliphatic heterocycles. The molecule has 0 aromatic rings. The standard InChI is InChI=1S/C35H58N4O6/c40-22-32(41)37-30-20-24-10-6-14-27(18-24)45-28-15-7-11-25(19-28)21-31(34(43)36-26-12-4-5-13-26)39-33(42)29(38-35(30)44)17-16-23-8-2-1-3-9-23/h23-31,40H,1-22H2,(H,36,43)(H,37,41)(H,38,44)(H,39,42)/t24?,25?,27?,28?,29-,30-,31-/m0/s1. The molecular weight excluding hydrogens is 572 g/mol. The minimum atomic E-state index is -0.855. The van der Waals surface area contributed by atoms with Crippen molar-refractivity contribution >= 4 is 23.6 Å². The lowest BCUT2D eigenvalue weighted by molar-refractivity contribution is -0.135. The minimum Gasteiger partial charge on any atom is -0.387 e. The molecule has 0 spiro atoms. The predicted molar refractivity (Wildman–Crippen MR) is 171 cm³/mol. The van der Waals surface area contributed by atoms with E-state index in [2.05, 4.69) is 21.3 Å². The molecule has 5 aliphatic rings. The third-order valence-corrected chi connectivity index (χ3v) is 11.3. The molecule has 1 heterocycles. The Kier molecular flexibility index (Phi) is 13.0. The zero-order chi connectivity index (χ0) is 31.6. The van der Waals surface area contributed by atoms with Crippen LogP contribution in [0.5, 0.6) is 0 Å². The summed E-state index contributed by atoms with van der Waals surface area (Å²) >= 11 is 0. The van der Waals surface area contributed by atoms with E-state index in [1.165, 1.54) is 19.3 Å². The van der Waals surface area contributed by atoms with Crippen LogP contribution in [0.3, 0.4) is 0 Å². The van der Waals surface area contributed by atoms with Crippen molar-refractivity contribution in [1.29, 1.82) is 0 Å². The Morgan fingerprint density at radius 1 is 0.689 bits per heavy atom. The quantitative estimate of drug-likeness (QED) is 0.290. The Bertz CT molecular complexity index is 997. The van der Waals surface area contributed by atoms with Gasteiger partial charge in [-0.2, -0.15) is 0 Å². The number of carbonyl (C=O) groups excluding carboxylic acids is 4. The summed E-state index contributed by atoms with van der Waals surface area (Å²) in [4.78, 5) is 53.9. The van der Waals surface area contributed by atoms with Crippen molar-refractivity contribution in [3.8, 4) is 0 Å². The first-order chi connectivity index (χ1) is 21.9. The van der Waals surface area contributed by atoms with Gasteiger partial charge in [0.15, 0.2) is 0 Å². The molecule has 4 saturated carbocycles. The monoisotopic (exact) mass is 630 g/mol. The lowest BCUT2D eigenvalue weighted by Gasteiger charge is -2.37. The average Bonchev–Trinajstić information content (AvgIpc) is 3.55. The van der Waals surface area contributed by atoms with Crippen LogP contribution in [-0.2, 0) is 23.9 Å². The minimum absolute atomic E-state index is 0.113. The number of ether oxygens (including phenoxy) is 1. The Labute approximate surface area is 269 Å². The molecule has 5 rings (SSSR count). The fourth-order valence-electron chi connectivity index (χ4n) is 8.86. The zero-order valence-corrected chi connectivity index (χ0v) is 27.2. The lowest BCUT2D eigenvalue weighted by atomic mass is 9.81. The first kappa shape index (κ1) is 34.1. The van der Waals surface area contributed by atoms with Crippen molar-refractivity contribution in [1.82, 2.24) is 21.3 Å². The van der Waals surface area contributed by atoms with Gasteiger partial charge < -0.3 is 31.1 Å². The van der Waals surface area contributed by atoms with Crippen LogP contribution >= 0.6 is 0 Å². The Balaban J connectivity index is 1.38. The maximum Gasteiger partial charge on any atom is 0.246 e. The molecule has 4 unspecified atom stereocenters. The molecule has 5 N–H and O–H groups in total. The van der Waals surface area contributed by atoms with Crippen LogP contribution in [0, 0.1) is 17.8 Å². The van der Waals surface area contributed by atoms with E-state index in [1.807, 2.05) is 0 Å². The van der Waals surface area contributed by atoms with Gasteiger partial charge in [-0.3, -0.25) is 19.2 Å². The van der Waals surface area contributed by atoms with Gasteiger partial charge in [-0.25, -0.2) is 0 Å². The van der Waals surface area contributed by atoms with E-state index in [9.17, 15) is 24.3 Å². The van der Waals surface area contributed by atoms with Gasteiger partial charge in [0.05, 0.1) is 12.2 Å². The molecule has 5 fully saturated rings. The maximum atomic E-state index is 14.1. The average molecular weight is 631 g/mol. The van der Waals surface area contributed by atoms with Gasteiger partial charge in [0.1, 0.15) is 24.7 Å². The third-order valence-electron chi connectivity index (χ3n) is 11.3. The second-order valence-electron chi connectivity index (χ2n) is 14.9. The van der Waals surface area contributed by atoms with Gasteiger partial charge in [0.25, 0.3) is 0 Å². The second-order valence-corrected chi connectivity index (χ2v) is 14.9. The molecule has 1 saturated heterocycles. The number of rotatable bonds is 7. The highest BCUT2D eigenvalue weighted by Crippen LogP contribution is 2.35. The molecule has 254 valence electrons. The van der Waals surface area contributed by atoms with Crippen molar-refractivity contribution in [3.63, 3.8) is 0 Å². The van der Waals surface area contributed by atoms with E-state index in [1.54, 1.807) is 0 Å². The first-order valence-corrected chi connectivity index (χ1v) is 18.3. The highest BCUT2D eigenvalue weighted by molar-refractivity contribution is 5.94. The normalized spacial score (nSPS) is 34.4. The van der Waals surface area contributed by atoms with Gasteiger partial charge in [0, 0.05) is 6.04 Å². The predicted octanol–water partition coefficient (Wildman–Crippen LogP) is 3.78. The molecule has 0 aromatic carbocycles. The molecule has 4 bridgehead atoms. The van der Waals surface area contributed by atoms with Crippen LogP contribution in [-0.4, -0.2) is 71.7 Å². The SMILES string of the molecule is O=C(CO)N[C@H]1CC2CCCC(C2)OC2CCCC(C2)C[C@@H](C(=O)NC2CCCC2)NC(=O)[C@H](CCC2CCCCC2)NC1=O. The summed E-state index contributed by atoms with van der Waals surface area (Å²) in [6.07, 6.45) is 20.4. The van der Waals surface area contributed by atoms with Crippen molar-refractivity contribution in [2.24, 2.45) is 17.8 Å². The molecule has 4 aliphatic carbocycles. The van der Waals surface area contributed by atoms with Gasteiger partial charge >= 0.3 is 0 Å². The molecule has 0 aromatic heterocycles. The van der Waals surface area contributed by atoms with Gasteiger partial charge in [-0.05, 0) is 82.0 Å². The summed E-state index contributed by atoms with van der Waals surface area (Å²) in [5.41, 5.74) is 0. The number of aliphatic hydroxyl groups is 1. The highest BCUT2D eigenvalue weighted by atomic mass is 16.5. The lowest BCUT2D eigenvalue weighted by Crippen LogP contribution is -2.58. The van der Waals surface area contributed by atoms with Crippen molar-refractivity contribution < 1.29 is 29.0 Å². The topological polar surface area (TPSA) is 146 Å². The summed E-state index contributed by atoms with van der Waals surface area (Å²) in [6.45, 7) is -0.702.